The summed E-state index contributed by atoms with van der Waals surface area (Å²) in [5, 5.41) is 5.47. The van der Waals surface area contributed by atoms with Crippen molar-refractivity contribution in [3.05, 3.63) is 66.7 Å². The molecule has 0 spiro atoms. The predicted octanol–water partition coefficient (Wildman–Crippen LogP) is 4.58. The zero-order valence-electron chi connectivity index (χ0n) is 13.8. The van der Waals surface area contributed by atoms with E-state index in [1.54, 1.807) is 0 Å². The molecule has 0 unspecified atom stereocenters. The fourth-order valence-corrected chi connectivity index (χ4v) is 2.42. The van der Waals surface area contributed by atoms with Gasteiger partial charge in [-0.25, -0.2) is 4.98 Å². The van der Waals surface area contributed by atoms with E-state index in [-0.39, 0.29) is 0 Å². The number of hydrogen-bond acceptors (Lipinski definition) is 3. The normalized spacial score (nSPS) is 11.4. The van der Waals surface area contributed by atoms with Gasteiger partial charge in [0, 0.05) is 37.6 Å². The van der Waals surface area contributed by atoms with E-state index in [9.17, 15) is 0 Å². The van der Waals surface area contributed by atoms with Gasteiger partial charge in [0.15, 0.2) is 0 Å². The van der Waals surface area contributed by atoms with Crippen LogP contribution in [0.25, 0.3) is 16.3 Å². The first-order valence-corrected chi connectivity index (χ1v) is 7.24. The molecule has 3 heteroatoms. The number of aryl methyl sites for hydroxylation is 1. The summed E-state index contributed by atoms with van der Waals surface area (Å²) < 4.78 is 0. The number of anilines is 1. The molecule has 0 fully saturated rings. The van der Waals surface area contributed by atoms with E-state index in [2.05, 4.69) is 54.8 Å². The Hall–Kier alpha value is -2.55. The quantitative estimate of drug-likeness (QED) is 0.818. The lowest BCUT2D eigenvalue weighted by molar-refractivity contribution is 0.566. The number of nitrogens with one attached hydrogen (secondary N) is 1. The van der Waals surface area contributed by atoms with E-state index < -0.39 is 0 Å². The van der Waals surface area contributed by atoms with Crippen LogP contribution in [-0.2, 0) is 0 Å². The first kappa shape index (κ1) is 15.8. The lowest BCUT2D eigenvalue weighted by atomic mass is 9.99. The molecule has 0 aliphatic carbocycles. The molecule has 0 atom stereocenters. The van der Waals surface area contributed by atoms with Crippen molar-refractivity contribution < 1.29 is 0 Å². The van der Waals surface area contributed by atoms with E-state index >= 15 is 0 Å². The monoisotopic (exact) mass is 293 g/mol. The van der Waals surface area contributed by atoms with Gasteiger partial charge in [-0.05, 0) is 48.1 Å². The molecule has 0 radical (unpaired) electrons. The van der Waals surface area contributed by atoms with Gasteiger partial charge < -0.3 is 10.2 Å². The number of allylic oxidation sites excluding steroid dienone is 3. The van der Waals surface area contributed by atoms with Gasteiger partial charge >= 0.3 is 0 Å². The molecule has 3 nitrogen and oxygen atoms in total. The van der Waals surface area contributed by atoms with E-state index in [1.807, 2.05) is 38.2 Å². The topological polar surface area (TPSA) is 28.2 Å². The zero-order valence-corrected chi connectivity index (χ0v) is 13.8. The summed E-state index contributed by atoms with van der Waals surface area (Å²) in [4.78, 5) is 6.46. The standard InChI is InChI=1S/C19H23N3/c1-7-15(12-22(5)6)16-8-14(4)18-11-20-19(21-13(2)3)10-17(18)9-16/h7-12H,1-2H2,3-6H3,(H,20,21)/b15-12+. The van der Waals surface area contributed by atoms with Crippen molar-refractivity contribution in [2.24, 2.45) is 0 Å². The van der Waals surface area contributed by atoms with Crippen LogP contribution in [0.1, 0.15) is 18.1 Å². The Kier molecular flexibility index (Phi) is 4.66. The van der Waals surface area contributed by atoms with Crippen molar-refractivity contribution in [3.8, 4) is 0 Å². The minimum Gasteiger partial charge on any atom is -0.383 e. The second-order valence-corrected chi connectivity index (χ2v) is 5.74. The van der Waals surface area contributed by atoms with Crippen molar-refractivity contribution in [2.45, 2.75) is 13.8 Å². The van der Waals surface area contributed by atoms with Crippen LogP contribution in [-0.4, -0.2) is 24.0 Å². The average molecular weight is 293 g/mol. The molecule has 2 rings (SSSR count). The van der Waals surface area contributed by atoms with Crippen molar-refractivity contribution in [3.63, 3.8) is 0 Å². The fraction of sp³-hybridized carbons (Fsp3) is 0.211. The van der Waals surface area contributed by atoms with Gasteiger partial charge in [0.1, 0.15) is 5.82 Å². The molecule has 0 bridgehead atoms. The lowest BCUT2D eigenvalue weighted by Gasteiger charge is -2.12. The number of benzene rings is 1. The van der Waals surface area contributed by atoms with Crippen molar-refractivity contribution in [2.75, 3.05) is 19.4 Å². The van der Waals surface area contributed by atoms with E-state index in [0.717, 1.165) is 33.4 Å². The van der Waals surface area contributed by atoms with Crippen LogP contribution in [0.2, 0.25) is 0 Å². The molecule has 0 saturated carbocycles. The first-order chi connectivity index (χ1) is 10.4. The van der Waals surface area contributed by atoms with Crippen molar-refractivity contribution in [1.29, 1.82) is 0 Å². The fourth-order valence-electron chi connectivity index (χ4n) is 2.42. The number of rotatable bonds is 5. The molecule has 22 heavy (non-hydrogen) atoms. The molecule has 1 aromatic heterocycles. The maximum absolute atomic E-state index is 4.44. The highest BCUT2D eigenvalue weighted by Gasteiger charge is 2.06. The Labute approximate surface area is 132 Å². The maximum atomic E-state index is 4.44. The van der Waals surface area contributed by atoms with Gasteiger partial charge in [-0.3, -0.25) is 0 Å². The van der Waals surface area contributed by atoms with Crippen LogP contribution in [0, 0.1) is 6.92 Å². The van der Waals surface area contributed by atoms with Crippen LogP contribution in [0.4, 0.5) is 5.82 Å². The molecule has 1 aromatic carbocycles. The third kappa shape index (κ3) is 3.55. The van der Waals surface area contributed by atoms with Gasteiger partial charge in [0.2, 0.25) is 0 Å². The third-order valence-corrected chi connectivity index (χ3v) is 3.34. The average Bonchev–Trinajstić information content (AvgIpc) is 2.43. The van der Waals surface area contributed by atoms with E-state index in [1.165, 1.54) is 5.56 Å². The van der Waals surface area contributed by atoms with Gasteiger partial charge in [-0.1, -0.05) is 25.3 Å². The highest BCUT2D eigenvalue weighted by atomic mass is 15.0. The smallest absolute Gasteiger partial charge is 0.130 e. The van der Waals surface area contributed by atoms with Crippen molar-refractivity contribution >= 4 is 22.2 Å². The largest absolute Gasteiger partial charge is 0.383 e. The summed E-state index contributed by atoms with van der Waals surface area (Å²) in [6.45, 7) is 11.8. The molecule has 1 N–H and O–H groups in total. The summed E-state index contributed by atoms with van der Waals surface area (Å²) >= 11 is 0. The molecule has 0 amide bonds. The number of pyridine rings is 1. The van der Waals surface area contributed by atoms with Crippen LogP contribution >= 0.6 is 0 Å². The molecule has 0 aliphatic rings. The van der Waals surface area contributed by atoms with Crippen molar-refractivity contribution in [1.82, 2.24) is 9.88 Å². The molecule has 0 aliphatic heterocycles. The number of nitrogens with zero attached hydrogens (tertiary/aromatic N) is 2. The number of fused-ring (bicyclic) bond motifs is 1. The summed E-state index contributed by atoms with van der Waals surface area (Å²) in [5.74, 6) is 0.813. The summed E-state index contributed by atoms with van der Waals surface area (Å²) in [5.41, 5.74) is 4.33. The molecular weight excluding hydrogens is 270 g/mol. The number of hydrogen-bond donors (Lipinski definition) is 1. The minimum atomic E-state index is 0.813. The summed E-state index contributed by atoms with van der Waals surface area (Å²) in [6.07, 6.45) is 5.86. The van der Waals surface area contributed by atoms with Crippen LogP contribution in [0.5, 0.6) is 0 Å². The Morgan fingerprint density at radius 1 is 1.27 bits per heavy atom. The van der Waals surface area contributed by atoms with Gasteiger partial charge in [-0.15, -0.1) is 0 Å². The first-order valence-electron chi connectivity index (χ1n) is 7.24. The Balaban J connectivity index is 2.58. The maximum Gasteiger partial charge on any atom is 0.130 e. The minimum absolute atomic E-state index is 0.813. The van der Waals surface area contributed by atoms with Gasteiger partial charge in [-0.2, -0.15) is 0 Å². The third-order valence-electron chi connectivity index (χ3n) is 3.34. The Morgan fingerprint density at radius 3 is 2.59 bits per heavy atom. The second-order valence-electron chi connectivity index (χ2n) is 5.74. The SMILES string of the molecule is C=C/C(=C\N(C)C)c1cc(C)c2cnc(NC(=C)C)cc2c1. The Morgan fingerprint density at radius 2 is 2.00 bits per heavy atom. The van der Waals surface area contributed by atoms with Gasteiger partial charge in [0.05, 0.1) is 0 Å². The van der Waals surface area contributed by atoms with Crippen LogP contribution in [0.3, 0.4) is 0 Å². The Bertz CT molecular complexity index is 755. The highest BCUT2D eigenvalue weighted by molar-refractivity contribution is 5.91. The molecule has 0 saturated heterocycles. The summed E-state index contributed by atoms with van der Waals surface area (Å²) in [7, 11) is 4.02. The van der Waals surface area contributed by atoms with Crippen LogP contribution < -0.4 is 5.32 Å². The summed E-state index contributed by atoms with van der Waals surface area (Å²) in [6, 6.07) is 6.40. The predicted molar refractivity (Wildman–Crippen MR) is 96.8 cm³/mol. The highest BCUT2D eigenvalue weighted by Crippen LogP contribution is 2.27. The molecule has 2 aromatic rings. The van der Waals surface area contributed by atoms with E-state index in [4.69, 9.17) is 0 Å². The van der Waals surface area contributed by atoms with Crippen LogP contribution in [0.15, 0.2) is 55.5 Å². The number of aromatic nitrogens is 1. The lowest BCUT2D eigenvalue weighted by Crippen LogP contribution is -2.02. The molecular formula is C19H23N3. The van der Waals surface area contributed by atoms with Gasteiger partial charge in [0.25, 0.3) is 0 Å². The second kappa shape index (κ2) is 6.48. The van der Waals surface area contributed by atoms with E-state index in [0.29, 0.717) is 0 Å². The molecule has 114 valence electrons. The zero-order chi connectivity index (χ0) is 16.3. The molecule has 1 heterocycles.